The zero-order valence-corrected chi connectivity index (χ0v) is 16.1. The number of halogens is 1. The molecule has 0 atom stereocenters. The minimum atomic E-state index is -3.18. The summed E-state index contributed by atoms with van der Waals surface area (Å²) < 4.78 is 38.8. The maximum atomic E-state index is 14.2. The van der Waals surface area contributed by atoms with Crippen LogP contribution >= 0.6 is 11.3 Å². The van der Waals surface area contributed by atoms with Gasteiger partial charge in [-0.2, -0.15) is 0 Å². The van der Waals surface area contributed by atoms with E-state index in [1.807, 2.05) is 0 Å². The zero-order valence-electron chi connectivity index (χ0n) is 14.4. The Bertz CT molecular complexity index is 895. The fourth-order valence-electron chi connectivity index (χ4n) is 2.85. The van der Waals surface area contributed by atoms with Gasteiger partial charge in [-0.1, -0.05) is 0 Å². The van der Waals surface area contributed by atoms with E-state index in [-0.39, 0.29) is 24.3 Å². The van der Waals surface area contributed by atoms with E-state index in [1.54, 1.807) is 6.92 Å². The molecule has 0 amide bonds. The molecule has 0 saturated carbocycles. The molecular formula is C15H20FN5O3S2. The summed E-state index contributed by atoms with van der Waals surface area (Å²) in [4.78, 5) is 13.0. The van der Waals surface area contributed by atoms with Crippen molar-refractivity contribution in [3.63, 3.8) is 0 Å². The Morgan fingerprint density at radius 1 is 1.38 bits per heavy atom. The van der Waals surface area contributed by atoms with E-state index in [1.165, 1.54) is 21.9 Å². The van der Waals surface area contributed by atoms with Crippen LogP contribution in [0.4, 0.5) is 10.3 Å². The zero-order chi connectivity index (χ0) is 18.9. The molecule has 1 aliphatic rings. The molecule has 26 heavy (non-hydrogen) atoms. The summed E-state index contributed by atoms with van der Waals surface area (Å²) in [6.07, 6.45) is 3.55. The molecule has 0 radical (unpaired) electrons. The molecule has 2 N–H and O–H groups in total. The van der Waals surface area contributed by atoms with Crippen molar-refractivity contribution in [2.45, 2.75) is 32.4 Å². The van der Waals surface area contributed by atoms with Crippen LogP contribution in [0.3, 0.4) is 0 Å². The SMILES string of the molecule is Cc1nc(CO)sc1-c1nc(NC2CCN(S(C)(=O)=O)CC2)ncc1F. The lowest BCUT2D eigenvalue weighted by atomic mass is 10.1. The molecule has 1 aliphatic heterocycles. The lowest BCUT2D eigenvalue weighted by molar-refractivity contribution is 0.281. The van der Waals surface area contributed by atoms with Crippen molar-refractivity contribution in [1.82, 2.24) is 19.3 Å². The standard InChI is InChI=1S/C15H20FN5O3S2/c1-9-14(25-12(8-22)18-9)13-11(16)7-17-15(20-13)19-10-3-5-21(6-4-10)26(2,23)24/h7,10,22H,3-6,8H2,1-2H3,(H,17,19,20). The molecule has 11 heteroatoms. The van der Waals surface area contributed by atoms with Gasteiger partial charge < -0.3 is 10.4 Å². The monoisotopic (exact) mass is 401 g/mol. The van der Waals surface area contributed by atoms with Gasteiger partial charge in [-0.3, -0.25) is 0 Å². The lowest BCUT2D eigenvalue weighted by Gasteiger charge is -2.30. The van der Waals surface area contributed by atoms with Gasteiger partial charge in [0.2, 0.25) is 16.0 Å². The van der Waals surface area contributed by atoms with Crippen molar-refractivity contribution in [1.29, 1.82) is 0 Å². The number of thiazole rings is 1. The highest BCUT2D eigenvalue weighted by Gasteiger charge is 2.25. The van der Waals surface area contributed by atoms with Crippen LogP contribution in [-0.4, -0.2) is 58.2 Å². The molecule has 0 aromatic carbocycles. The number of aromatic nitrogens is 3. The Morgan fingerprint density at radius 2 is 2.08 bits per heavy atom. The van der Waals surface area contributed by atoms with E-state index in [2.05, 4.69) is 20.3 Å². The molecule has 0 unspecified atom stereocenters. The number of aryl methyl sites for hydroxylation is 1. The van der Waals surface area contributed by atoms with Crippen LogP contribution in [-0.2, 0) is 16.6 Å². The minimum Gasteiger partial charge on any atom is -0.389 e. The number of rotatable bonds is 5. The molecule has 8 nitrogen and oxygen atoms in total. The van der Waals surface area contributed by atoms with Gasteiger partial charge in [0.15, 0.2) is 5.82 Å². The predicted octanol–water partition coefficient (Wildman–Crippen LogP) is 1.38. The van der Waals surface area contributed by atoms with Crippen LogP contribution in [0.2, 0.25) is 0 Å². The van der Waals surface area contributed by atoms with E-state index in [9.17, 15) is 17.9 Å². The van der Waals surface area contributed by atoms with E-state index in [0.29, 0.717) is 41.5 Å². The van der Waals surface area contributed by atoms with Crippen molar-refractivity contribution in [3.8, 4) is 10.6 Å². The Labute approximate surface area is 155 Å². The summed E-state index contributed by atoms with van der Waals surface area (Å²) in [7, 11) is -3.18. The molecule has 0 spiro atoms. The molecular weight excluding hydrogens is 381 g/mol. The summed E-state index contributed by atoms with van der Waals surface area (Å²) in [6, 6.07) is 0.0156. The van der Waals surface area contributed by atoms with E-state index < -0.39 is 15.8 Å². The third-order valence-electron chi connectivity index (χ3n) is 4.19. The molecule has 1 saturated heterocycles. The summed E-state index contributed by atoms with van der Waals surface area (Å²) in [5.74, 6) is -0.267. The fourth-order valence-corrected chi connectivity index (χ4v) is 4.64. The lowest BCUT2D eigenvalue weighted by Crippen LogP contribution is -2.42. The second kappa shape index (κ2) is 7.51. The third kappa shape index (κ3) is 4.17. The highest BCUT2D eigenvalue weighted by atomic mass is 32.2. The van der Waals surface area contributed by atoms with Gasteiger partial charge in [-0.25, -0.2) is 32.1 Å². The molecule has 1 fully saturated rings. The summed E-state index contributed by atoms with van der Waals surface area (Å²) in [5.41, 5.74) is 0.745. The van der Waals surface area contributed by atoms with Gasteiger partial charge in [0.1, 0.15) is 10.7 Å². The van der Waals surface area contributed by atoms with Crippen molar-refractivity contribution in [2.75, 3.05) is 24.7 Å². The van der Waals surface area contributed by atoms with Gasteiger partial charge >= 0.3 is 0 Å². The number of piperidine rings is 1. The first-order chi connectivity index (χ1) is 12.3. The van der Waals surface area contributed by atoms with Crippen molar-refractivity contribution in [3.05, 3.63) is 22.7 Å². The average molecular weight is 401 g/mol. The number of aliphatic hydroxyl groups excluding tert-OH is 1. The third-order valence-corrected chi connectivity index (χ3v) is 6.64. The minimum absolute atomic E-state index is 0.0156. The normalized spacial score (nSPS) is 16.8. The predicted molar refractivity (Wildman–Crippen MR) is 96.8 cm³/mol. The maximum Gasteiger partial charge on any atom is 0.223 e. The van der Waals surface area contributed by atoms with Gasteiger partial charge in [0.25, 0.3) is 0 Å². The molecule has 142 valence electrons. The molecule has 2 aromatic rings. The van der Waals surface area contributed by atoms with Crippen LogP contribution in [0.5, 0.6) is 0 Å². The fraction of sp³-hybridized carbons (Fsp3) is 0.533. The molecule has 0 bridgehead atoms. The molecule has 3 rings (SSSR count). The van der Waals surface area contributed by atoms with Crippen molar-refractivity contribution >= 4 is 27.3 Å². The average Bonchev–Trinajstić information content (AvgIpc) is 2.97. The van der Waals surface area contributed by atoms with Crippen LogP contribution in [0, 0.1) is 12.7 Å². The highest BCUT2D eigenvalue weighted by molar-refractivity contribution is 7.88. The first kappa shape index (κ1) is 19.1. The number of sulfonamides is 1. The van der Waals surface area contributed by atoms with Crippen LogP contribution < -0.4 is 5.32 Å². The quantitative estimate of drug-likeness (QED) is 0.779. The number of hydrogen-bond donors (Lipinski definition) is 2. The number of nitrogens with zero attached hydrogens (tertiary/aromatic N) is 4. The largest absolute Gasteiger partial charge is 0.389 e. The van der Waals surface area contributed by atoms with Crippen molar-refractivity contribution < 1.29 is 17.9 Å². The summed E-state index contributed by atoms with van der Waals surface area (Å²) >= 11 is 1.19. The number of nitrogens with one attached hydrogen (secondary N) is 1. The first-order valence-electron chi connectivity index (χ1n) is 8.09. The Kier molecular flexibility index (Phi) is 5.51. The van der Waals surface area contributed by atoms with E-state index >= 15 is 0 Å². The Balaban J connectivity index is 1.75. The van der Waals surface area contributed by atoms with Gasteiger partial charge in [-0.05, 0) is 19.8 Å². The second-order valence-corrected chi connectivity index (χ2v) is 9.22. The van der Waals surface area contributed by atoms with Gasteiger partial charge in [0, 0.05) is 19.1 Å². The van der Waals surface area contributed by atoms with Crippen molar-refractivity contribution in [2.24, 2.45) is 0 Å². The number of aliphatic hydroxyl groups is 1. The van der Waals surface area contributed by atoms with E-state index in [4.69, 9.17) is 0 Å². The molecule has 2 aromatic heterocycles. The van der Waals surface area contributed by atoms with Gasteiger partial charge in [-0.15, -0.1) is 11.3 Å². The molecule has 0 aliphatic carbocycles. The number of hydrogen-bond acceptors (Lipinski definition) is 8. The highest BCUT2D eigenvalue weighted by Crippen LogP contribution is 2.31. The summed E-state index contributed by atoms with van der Waals surface area (Å²) in [5, 5.41) is 12.9. The Hall–Kier alpha value is -1.69. The Morgan fingerprint density at radius 3 is 2.65 bits per heavy atom. The second-order valence-electron chi connectivity index (χ2n) is 6.15. The number of anilines is 1. The van der Waals surface area contributed by atoms with Gasteiger partial charge in [0.05, 0.1) is 29.6 Å². The summed E-state index contributed by atoms with van der Waals surface area (Å²) in [6.45, 7) is 2.39. The van der Waals surface area contributed by atoms with Crippen LogP contribution in [0.1, 0.15) is 23.5 Å². The van der Waals surface area contributed by atoms with Crippen LogP contribution in [0.15, 0.2) is 6.20 Å². The smallest absolute Gasteiger partial charge is 0.223 e. The van der Waals surface area contributed by atoms with Crippen LogP contribution in [0.25, 0.3) is 10.6 Å². The topological polar surface area (TPSA) is 108 Å². The maximum absolute atomic E-state index is 14.2. The first-order valence-corrected chi connectivity index (χ1v) is 10.8. The molecule has 3 heterocycles. The van der Waals surface area contributed by atoms with E-state index in [0.717, 1.165) is 6.20 Å².